The first-order valence-corrected chi connectivity index (χ1v) is 9.67. The van der Waals surface area contributed by atoms with Crippen molar-refractivity contribution in [3.05, 3.63) is 57.2 Å². The summed E-state index contributed by atoms with van der Waals surface area (Å²) in [6, 6.07) is 13.7. The maximum atomic E-state index is 12.1. The van der Waals surface area contributed by atoms with Gasteiger partial charge in [0.2, 0.25) is 11.8 Å². The fourth-order valence-corrected chi connectivity index (χ4v) is 3.37. The number of hydrogen-bond acceptors (Lipinski definition) is 5. The van der Waals surface area contributed by atoms with Gasteiger partial charge in [0, 0.05) is 14.8 Å². The summed E-state index contributed by atoms with van der Waals surface area (Å²) < 4.78 is 6.75. The Labute approximate surface area is 163 Å². The summed E-state index contributed by atoms with van der Waals surface area (Å²) in [5.74, 6) is 0.557. The van der Waals surface area contributed by atoms with E-state index < -0.39 is 0 Å². The van der Waals surface area contributed by atoms with Gasteiger partial charge in [0.15, 0.2) is 0 Å². The Balaban J connectivity index is 1.58. The Bertz CT molecular complexity index is 894. The largest absolute Gasteiger partial charge is 0.411 e. The van der Waals surface area contributed by atoms with Crippen molar-refractivity contribution in [1.29, 1.82) is 0 Å². The number of nitrogens with zero attached hydrogens (tertiary/aromatic N) is 2. The summed E-state index contributed by atoms with van der Waals surface area (Å²) >= 11 is 3.47. The molecule has 128 valence electrons. The molecule has 7 heteroatoms. The number of halogens is 1. The molecule has 0 spiro atoms. The van der Waals surface area contributed by atoms with Gasteiger partial charge in [-0.15, -0.1) is 10.2 Å². The van der Waals surface area contributed by atoms with E-state index in [1.165, 1.54) is 17.3 Å². The second kappa shape index (κ2) is 8.01. The summed E-state index contributed by atoms with van der Waals surface area (Å²) in [6.07, 6.45) is 0. The van der Waals surface area contributed by atoms with E-state index in [9.17, 15) is 4.79 Å². The van der Waals surface area contributed by atoms with Gasteiger partial charge in [-0.25, -0.2) is 0 Å². The van der Waals surface area contributed by atoms with Gasteiger partial charge in [-0.2, -0.15) is 0 Å². The average Bonchev–Trinajstić information content (AvgIpc) is 3.05. The topological polar surface area (TPSA) is 68.0 Å². The third-order valence-corrected chi connectivity index (χ3v) is 4.98. The number of amides is 1. The highest BCUT2D eigenvalue weighted by Gasteiger charge is 2.12. The maximum Gasteiger partial charge on any atom is 0.277 e. The molecule has 0 unspecified atom stereocenters. The lowest BCUT2D eigenvalue weighted by atomic mass is 10.1. The zero-order chi connectivity index (χ0) is 17.8. The zero-order valence-corrected chi connectivity index (χ0v) is 16.7. The van der Waals surface area contributed by atoms with Crippen LogP contribution >= 0.6 is 34.4 Å². The summed E-state index contributed by atoms with van der Waals surface area (Å²) in [4.78, 5) is 12.1. The molecular weight excluding hydrogens is 449 g/mol. The van der Waals surface area contributed by atoms with Crippen LogP contribution in [-0.2, 0) is 4.79 Å². The van der Waals surface area contributed by atoms with Crippen molar-refractivity contribution in [2.45, 2.75) is 19.1 Å². The number of benzene rings is 2. The number of nitrogens with one attached hydrogen (secondary N) is 1. The van der Waals surface area contributed by atoms with E-state index in [0.717, 1.165) is 20.4 Å². The number of hydrogen-bond donors (Lipinski definition) is 1. The summed E-state index contributed by atoms with van der Waals surface area (Å²) in [6.45, 7) is 3.99. The van der Waals surface area contributed by atoms with Gasteiger partial charge in [0.25, 0.3) is 5.22 Å². The van der Waals surface area contributed by atoms with Crippen molar-refractivity contribution in [2.75, 3.05) is 11.1 Å². The molecule has 1 amide bonds. The minimum absolute atomic E-state index is 0.107. The molecule has 0 aliphatic heterocycles. The second-order valence-electron chi connectivity index (χ2n) is 5.54. The lowest BCUT2D eigenvalue weighted by Crippen LogP contribution is -2.14. The van der Waals surface area contributed by atoms with E-state index >= 15 is 0 Å². The molecule has 1 N–H and O–H groups in total. The summed E-state index contributed by atoms with van der Waals surface area (Å²) in [5, 5.41) is 11.3. The Hall–Kier alpha value is -1.87. The number of anilines is 1. The van der Waals surface area contributed by atoms with Crippen molar-refractivity contribution < 1.29 is 9.21 Å². The van der Waals surface area contributed by atoms with E-state index in [0.29, 0.717) is 11.1 Å². The highest BCUT2D eigenvalue weighted by Crippen LogP contribution is 2.24. The zero-order valence-electron chi connectivity index (χ0n) is 13.7. The molecule has 1 heterocycles. The Morgan fingerprint density at radius 2 is 1.92 bits per heavy atom. The van der Waals surface area contributed by atoms with Crippen LogP contribution in [0.2, 0.25) is 0 Å². The number of carbonyl (C=O) groups is 1. The predicted molar refractivity (Wildman–Crippen MR) is 108 cm³/mol. The van der Waals surface area contributed by atoms with Crippen LogP contribution in [0.4, 0.5) is 5.69 Å². The van der Waals surface area contributed by atoms with E-state index in [1.807, 2.05) is 56.3 Å². The number of rotatable bonds is 5. The van der Waals surface area contributed by atoms with Crippen LogP contribution in [0.15, 0.2) is 52.1 Å². The standard InChI is InChI=1S/C18H16IN3O2S/c1-11-3-5-13(6-4-11)17-21-22-18(24-17)25-10-16(23)20-15-8-7-14(19)9-12(15)2/h3-9H,10H2,1-2H3,(H,20,23). The molecule has 3 aromatic rings. The van der Waals surface area contributed by atoms with Crippen LogP contribution < -0.4 is 5.32 Å². The minimum atomic E-state index is -0.107. The van der Waals surface area contributed by atoms with Gasteiger partial charge < -0.3 is 9.73 Å². The van der Waals surface area contributed by atoms with Crippen molar-refractivity contribution in [3.63, 3.8) is 0 Å². The molecule has 0 fully saturated rings. The molecule has 0 saturated carbocycles. The van der Waals surface area contributed by atoms with E-state index in [2.05, 4.69) is 38.1 Å². The molecule has 5 nitrogen and oxygen atoms in total. The quantitative estimate of drug-likeness (QED) is 0.438. The third-order valence-electron chi connectivity index (χ3n) is 3.49. The smallest absolute Gasteiger partial charge is 0.277 e. The molecule has 2 aromatic carbocycles. The van der Waals surface area contributed by atoms with Crippen molar-refractivity contribution in [3.8, 4) is 11.5 Å². The molecule has 1 aromatic heterocycles. The van der Waals surface area contributed by atoms with Gasteiger partial charge >= 0.3 is 0 Å². The summed E-state index contributed by atoms with van der Waals surface area (Å²) in [5.41, 5.74) is 3.88. The third kappa shape index (κ3) is 4.82. The lowest BCUT2D eigenvalue weighted by Gasteiger charge is -2.07. The maximum absolute atomic E-state index is 12.1. The fourth-order valence-electron chi connectivity index (χ4n) is 2.16. The molecule has 0 saturated heterocycles. The predicted octanol–water partition coefficient (Wildman–Crippen LogP) is 4.69. The average molecular weight is 465 g/mol. The van der Waals surface area contributed by atoms with Gasteiger partial charge in [-0.3, -0.25) is 4.79 Å². The van der Waals surface area contributed by atoms with Gasteiger partial charge in [-0.05, 0) is 72.3 Å². The first-order valence-electron chi connectivity index (χ1n) is 7.60. The highest BCUT2D eigenvalue weighted by molar-refractivity contribution is 14.1. The van der Waals surface area contributed by atoms with Gasteiger partial charge in [0.1, 0.15) is 0 Å². The van der Waals surface area contributed by atoms with E-state index in [4.69, 9.17) is 4.42 Å². The van der Waals surface area contributed by atoms with Crippen LogP contribution in [0.25, 0.3) is 11.5 Å². The highest BCUT2D eigenvalue weighted by atomic mass is 127. The van der Waals surface area contributed by atoms with E-state index in [-0.39, 0.29) is 11.7 Å². The normalized spacial score (nSPS) is 10.7. The molecule has 0 atom stereocenters. The number of carbonyl (C=O) groups excluding carboxylic acids is 1. The van der Waals surface area contributed by atoms with Gasteiger partial charge in [0.05, 0.1) is 5.75 Å². The van der Waals surface area contributed by atoms with Crippen LogP contribution in [0.3, 0.4) is 0 Å². The molecular formula is C18H16IN3O2S. The Kier molecular flexibility index (Phi) is 5.74. The number of thioether (sulfide) groups is 1. The van der Waals surface area contributed by atoms with Crippen LogP contribution in [-0.4, -0.2) is 21.9 Å². The number of aryl methyl sites for hydroxylation is 2. The van der Waals surface area contributed by atoms with Crippen molar-refractivity contribution in [2.24, 2.45) is 0 Å². The lowest BCUT2D eigenvalue weighted by molar-refractivity contribution is -0.113. The monoisotopic (exact) mass is 465 g/mol. The Morgan fingerprint density at radius 3 is 2.64 bits per heavy atom. The van der Waals surface area contributed by atoms with Crippen molar-refractivity contribution >= 4 is 45.9 Å². The molecule has 0 aliphatic carbocycles. The minimum Gasteiger partial charge on any atom is -0.411 e. The molecule has 25 heavy (non-hydrogen) atoms. The van der Waals surface area contributed by atoms with E-state index in [1.54, 1.807) is 0 Å². The summed E-state index contributed by atoms with van der Waals surface area (Å²) in [7, 11) is 0. The SMILES string of the molecule is Cc1ccc(-c2nnc(SCC(=O)Nc3ccc(I)cc3C)o2)cc1. The molecule has 0 bridgehead atoms. The second-order valence-corrected chi connectivity index (χ2v) is 7.71. The van der Waals surface area contributed by atoms with Crippen LogP contribution in [0, 0.1) is 17.4 Å². The molecule has 0 radical (unpaired) electrons. The van der Waals surface area contributed by atoms with Gasteiger partial charge in [-0.1, -0.05) is 29.5 Å². The first-order chi connectivity index (χ1) is 12.0. The number of aromatic nitrogens is 2. The first kappa shape index (κ1) is 17.9. The Morgan fingerprint density at radius 1 is 1.16 bits per heavy atom. The molecule has 0 aliphatic rings. The molecule has 3 rings (SSSR count). The van der Waals surface area contributed by atoms with Crippen molar-refractivity contribution in [1.82, 2.24) is 10.2 Å². The van der Waals surface area contributed by atoms with Crippen LogP contribution in [0.1, 0.15) is 11.1 Å². The fraction of sp³-hybridized carbons (Fsp3) is 0.167. The van der Waals surface area contributed by atoms with Crippen LogP contribution in [0.5, 0.6) is 0 Å².